The molecule has 3 rings (SSSR count). The zero-order valence-corrected chi connectivity index (χ0v) is 15.3. The van der Waals surface area contributed by atoms with Crippen LogP contribution in [0.1, 0.15) is 45.9 Å². The zero-order valence-electron chi connectivity index (χ0n) is 15.3. The molecular weight excluding hydrogens is 372 g/mol. The number of rotatable bonds is 6. The minimum Gasteiger partial charge on any atom is -0.477 e. The normalized spacial score (nSPS) is 17.0. The lowest BCUT2D eigenvalue weighted by atomic mass is 9.97. The number of aryl methyl sites for hydroxylation is 1. The van der Waals surface area contributed by atoms with E-state index in [9.17, 15) is 18.4 Å². The highest BCUT2D eigenvalue weighted by Gasteiger charge is 2.23. The van der Waals surface area contributed by atoms with Crippen LogP contribution in [0.15, 0.2) is 24.4 Å². The summed E-state index contributed by atoms with van der Waals surface area (Å²) in [6, 6.07) is 4.39. The van der Waals surface area contributed by atoms with Crippen LogP contribution in [0.4, 0.5) is 14.5 Å². The van der Waals surface area contributed by atoms with Crippen molar-refractivity contribution < 1.29 is 23.5 Å². The number of hydrogen-bond acceptors (Lipinski definition) is 5. The summed E-state index contributed by atoms with van der Waals surface area (Å²) in [5, 5.41) is 15.5. The van der Waals surface area contributed by atoms with Gasteiger partial charge in [-0.05, 0) is 37.0 Å². The lowest BCUT2D eigenvalue weighted by molar-refractivity contribution is 0.0690. The number of nitrogens with one attached hydrogen (secondary N) is 1. The number of amides is 1. The van der Waals surface area contributed by atoms with E-state index in [0.29, 0.717) is 13.1 Å². The molecule has 3 heterocycles. The highest BCUT2D eigenvalue weighted by Crippen LogP contribution is 2.23. The Bertz CT molecular complexity index is 871. The van der Waals surface area contributed by atoms with Gasteiger partial charge in [0.15, 0.2) is 0 Å². The maximum Gasteiger partial charge on any atom is 0.354 e. The largest absolute Gasteiger partial charge is 0.477 e. The number of carboxylic acids is 1. The van der Waals surface area contributed by atoms with Crippen molar-refractivity contribution in [3.05, 3.63) is 41.5 Å². The van der Waals surface area contributed by atoms with E-state index in [1.807, 2.05) is 0 Å². The highest BCUT2D eigenvalue weighted by atomic mass is 19.3. The molecule has 1 aliphatic rings. The van der Waals surface area contributed by atoms with E-state index in [1.54, 1.807) is 6.07 Å². The number of pyridine rings is 1. The third-order valence-corrected chi connectivity index (χ3v) is 4.75. The van der Waals surface area contributed by atoms with E-state index in [4.69, 9.17) is 5.11 Å². The van der Waals surface area contributed by atoms with Crippen molar-refractivity contribution in [2.24, 2.45) is 13.0 Å². The van der Waals surface area contributed by atoms with Gasteiger partial charge in [-0.1, -0.05) is 0 Å². The van der Waals surface area contributed by atoms with E-state index >= 15 is 0 Å². The zero-order chi connectivity index (χ0) is 20.3. The number of halogens is 2. The predicted molar refractivity (Wildman–Crippen MR) is 96.6 cm³/mol. The van der Waals surface area contributed by atoms with Gasteiger partial charge in [-0.25, -0.2) is 18.6 Å². The first-order valence-electron chi connectivity index (χ1n) is 8.89. The van der Waals surface area contributed by atoms with Crippen molar-refractivity contribution in [3.63, 3.8) is 0 Å². The Kier molecular flexibility index (Phi) is 5.86. The molecule has 0 radical (unpaired) electrons. The summed E-state index contributed by atoms with van der Waals surface area (Å²) in [5.74, 6) is -1.37. The van der Waals surface area contributed by atoms with Crippen molar-refractivity contribution in [1.82, 2.24) is 20.1 Å². The van der Waals surface area contributed by atoms with E-state index in [1.165, 1.54) is 19.3 Å². The number of aromatic carboxylic acids is 1. The number of aromatic nitrogens is 3. The Morgan fingerprint density at radius 2 is 2.18 bits per heavy atom. The van der Waals surface area contributed by atoms with Gasteiger partial charge in [-0.2, -0.15) is 5.10 Å². The molecule has 2 N–H and O–H groups in total. The first-order valence-corrected chi connectivity index (χ1v) is 8.89. The molecule has 8 nitrogen and oxygen atoms in total. The third-order valence-electron chi connectivity index (χ3n) is 4.75. The van der Waals surface area contributed by atoms with Crippen LogP contribution in [-0.2, 0) is 7.05 Å². The van der Waals surface area contributed by atoms with Crippen molar-refractivity contribution in [3.8, 4) is 0 Å². The fourth-order valence-electron chi connectivity index (χ4n) is 3.34. The average molecular weight is 393 g/mol. The van der Waals surface area contributed by atoms with Gasteiger partial charge < -0.3 is 15.3 Å². The maximum atomic E-state index is 12.7. The van der Waals surface area contributed by atoms with Gasteiger partial charge >= 0.3 is 5.97 Å². The quantitative estimate of drug-likeness (QED) is 0.780. The summed E-state index contributed by atoms with van der Waals surface area (Å²) < 4.78 is 26.6. The van der Waals surface area contributed by atoms with Crippen molar-refractivity contribution in [2.45, 2.75) is 19.3 Å². The van der Waals surface area contributed by atoms with Gasteiger partial charge in [-0.3, -0.25) is 9.48 Å². The summed E-state index contributed by atoms with van der Waals surface area (Å²) in [6.07, 6.45) is 0.539. The lowest BCUT2D eigenvalue weighted by Crippen LogP contribution is -2.41. The smallest absolute Gasteiger partial charge is 0.354 e. The van der Waals surface area contributed by atoms with Crippen LogP contribution in [0.25, 0.3) is 0 Å². The molecule has 150 valence electrons. The number of piperidine rings is 1. The molecule has 0 saturated carbocycles. The second-order valence-corrected chi connectivity index (χ2v) is 6.75. The summed E-state index contributed by atoms with van der Waals surface area (Å²) in [5.41, 5.74) is 0.419. The maximum absolute atomic E-state index is 12.7. The SMILES string of the molecule is Cn1nc(C(F)F)cc1C(=O)NC[C@H]1CCCN(c2ccnc(C(=O)O)c2)C1. The van der Waals surface area contributed by atoms with Crippen LogP contribution >= 0.6 is 0 Å². The standard InChI is InChI=1S/C18H21F2N5O3/c1-24-15(8-13(23-24)16(19)20)17(26)22-9-11-3-2-6-25(10-11)12-4-5-21-14(7-12)18(27)28/h4-5,7-8,11,16H,2-3,6,9-10H2,1H3,(H,22,26)(H,27,28)/t11-/m1/s1. The number of anilines is 1. The van der Waals surface area contributed by atoms with Crippen LogP contribution in [0, 0.1) is 5.92 Å². The van der Waals surface area contributed by atoms with Gasteiger partial charge in [0.05, 0.1) is 0 Å². The molecule has 1 atom stereocenters. The molecule has 1 saturated heterocycles. The van der Waals surface area contributed by atoms with E-state index in [0.717, 1.165) is 35.8 Å². The highest BCUT2D eigenvalue weighted by molar-refractivity contribution is 5.92. The number of hydrogen-bond donors (Lipinski definition) is 2. The van der Waals surface area contributed by atoms with Crippen molar-refractivity contribution in [1.29, 1.82) is 0 Å². The van der Waals surface area contributed by atoms with Gasteiger partial charge in [0.1, 0.15) is 17.1 Å². The first-order chi connectivity index (χ1) is 13.3. The molecule has 10 heteroatoms. The molecule has 2 aromatic heterocycles. The molecule has 1 amide bonds. The minimum atomic E-state index is -2.73. The molecule has 28 heavy (non-hydrogen) atoms. The summed E-state index contributed by atoms with van der Waals surface area (Å²) in [6.45, 7) is 1.82. The predicted octanol–water partition coefficient (Wildman–Crippen LogP) is 2.10. The second kappa shape index (κ2) is 8.32. The van der Waals surface area contributed by atoms with Crippen molar-refractivity contribution >= 4 is 17.6 Å². The first kappa shape index (κ1) is 19.7. The van der Waals surface area contributed by atoms with Gasteiger partial charge in [-0.15, -0.1) is 0 Å². The molecule has 0 aliphatic carbocycles. The van der Waals surface area contributed by atoms with Gasteiger partial charge in [0.2, 0.25) is 0 Å². The molecule has 1 fully saturated rings. The average Bonchev–Trinajstić information content (AvgIpc) is 3.08. The monoisotopic (exact) mass is 393 g/mol. The van der Waals surface area contributed by atoms with Crippen LogP contribution < -0.4 is 10.2 Å². The summed E-state index contributed by atoms with van der Waals surface area (Å²) in [4.78, 5) is 29.3. The Balaban J connectivity index is 1.60. The summed E-state index contributed by atoms with van der Waals surface area (Å²) >= 11 is 0. The molecule has 0 unspecified atom stereocenters. The number of nitrogens with zero attached hydrogens (tertiary/aromatic N) is 4. The molecule has 1 aliphatic heterocycles. The van der Waals surface area contributed by atoms with E-state index in [-0.39, 0.29) is 17.3 Å². The van der Waals surface area contributed by atoms with E-state index in [2.05, 4.69) is 20.3 Å². The van der Waals surface area contributed by atoms with E-state index < -0.39 is 24.0 Å². The number of carbonyl (C=O) groups is 2. The number of carbonyl (C=O) groups excluding carboxylic acids is 1. The summed E-state index contributed by atoms with van der Waals surface area (Å²) in [7, 11) is 1.45. The Morgan fingerprint density at radius 1 is 1.39 bits per heavy atom. The number of alkyl halides is 2. The fraction of sp³-hybridized carbons (Fsp3) is 0.444. The Morgan fingerprint density at radius 3 is 2.86 bits per heavy atom. The van der Waals surface area contributed by atoms with Crippen LogP contribution in [0.3, 0.4) is 0 Å². The Hall–Kier alpha value is -3.04. The minimum absolute atomic E-state index is 0.0148. The fourth-order valence-corrected chi connectivity index (χ4v) is 3.34. The van der Waals surface area contributed by atoms with Gasteiger partial charge in [0, 0.05) is 38.6 Å². The van der Waals surface area contributed by atoms with Gasteiger partial charge in [0.25, 0.3) is 12.3 Å². The van der Waals surface area contributed by atoms with Crippen molar-refractivity contribution in [2.75, 3.05) is 24.5 Å². The molecule has 0 bridgehead atoms. The van der Waals surface area contributed by atoms with Crippen LogP contribution in [-0.4, -0.2) is 51.4 Å². The molecular formula is C18H21F2N5O3. The number of carboxylic acid groups (broad SMARTS) is 1. The van der Waals surface area contributed by atoms with Crippen LogP contribution in [0.5, 0.6) is 0 Å². The third kappa shape index (κ3) is 4.44. The molecule has 0 spiro atoms. The van der Waals surface area contributed by atoms with Crippen LogP contribution in [0.2, 0.25) is 0 Å². The lowest BCUT2D eigenvalue weighted by Gasteiger charge is -2.34. The molecule has 0 aromatic carbocycles. The second-order valence-electron chi connectivity index (χ2n) is 6.75. The molecule has 2 aromatic rings. The Labute approximate surface area is 160 Å². The topological polar surface area (TPSA) is 100 Å².